The van der Waals surface area contributed by atoms with Crippen LogP contribution in [0.1, 0.15) is 56.7 Å². The molecule has 1 aliphatic carbocycles. The van der Waals surface area contributed by atoms with E-state index >= 15 is 0 Å². The Labute approximate surface area is 124 Å². The maximum Gasteiger partial charge on any atom is 0.0307 e. The van der Waals surface area contributed by atoms with E-state index in [1.54, 1.807) is 0 Å². The van der Waals surface area contributed by atoms with Gasteiger partial charge in [-0.2, -0.15) is 0 Å². The fraction of sp³-hybridized carbons (Fsp3) is 0.667. The van der Waals surface area contributed by atoms with Crippen LogP contribution in [0.4, 0.5) is 0 Å². The molecule has 0 spiro atoms. The first-order valence-electron chi connectivity index (χ1n) is 8.12. The van der Waals surface area contributed by atoms with Gasteiger partial charge in [0.2, 0.25) is 0 Å². The van der Waals surface area contributed by atoms with Crippen LogP contribution in [-0.2, 0) is 0 Å². The molecule has 0 amide bonds. The smallest absolute Gasteiger partial charge is 0.0307 e. The number of aryl methyl sites for hydroxylation is 1. The lowest BCUT2D eigenvalue weighted by atomic mass is 10.0. The van der Waals surface area contributed by atoms with Gasteiger partial charge in [0.25, 0.3) is 0 Å². The SMILES string of the molecule is Cc1ccc(C(N)CCN(CCC(C)C)C2CC2)cc1. The van der Waals surface area contributed by atoms with Crippen molar-refractivity contribution in [2.45, 2.75) is 58.5 Å². The van der Waals surface area contributed by atoms with E-state index in [1.807, 2.05) is 0 Å². The minimum Gasteiger partial charge on any atom is -0.324 e. The summed E-state index contributed by atoms with van der Waals surface area (Å²) in [5, 5.41) is 0. The molecule has 1 aromatic carbocycles. The van der Waals surface area contributed by atoms with E-state index in [2.05, 4.69) is 49.9 Å². The summed E-state index contributed by atoms with van der Waals surface area (Å²) in [6.45, 7) is 9.12. The second-order valence-corrected chi connectivity index (χ2v) is 6.76. The largest absolute Gasteiger partial charge is 0.324 e. The van der Waals surface area contributed by atoms with Crippen molar-refractivity contribution in [2.24, 2.45) is 11.7 Å². The highest BCUT2D eigenvalue weighted by molar-refractivity contribution is 5.23. The third-order valence-corrected chi connectivity index (χ3v) is 4.29. The number of nitrogens with two attached hydrogens (primary N) is 1. The molecule has 0 saturated heterocycles. The summed E-state index contributed by atoms with van der Waals surface area (Å²) in [6.07, 6.45) is 5.14. The average molecular weight is 274 g/mol. The Balaban J connectivity index is 1.80. The monoisotopic (exact) mass is 274 g/mol. The summed E-state index contributed by atoms with van der Waals surface area (Å²) in [4.78, 5) is 2.66. The summed E-state index contributed by atoms with van der Waals surface area (Å²) in [5.74, 6) is 0.794. The predicted octanol–water partition coefficient (Wildman–Crippen LogP) is 3.90. The van der Waals surface area contributed by atoms with Gasteiger partial charge in [-0.1, -0.05) is 43.7 Å². The normalized spacial score (nSPS) is 16.9. The number of rotatable bonds is 8. The summed E-state index contributed by atoms with van der Waals surface area (Å²) >= 11 is 0. The van der Waals surface area contributed by atoms with E-state index in [0.717, 1.165) is 24.9 Å². The van der Waals surface area contributed by atoms with Crippen molar-refractivity contribution >= 4 is 0 Å². The lowest BCUT2D eigenvalue weighted by Gasteiger charge is -2.24. The number of nitrogens with zero attached hydrogens (tertiary/aromatic N) is 1. The fourth-order valence-electron chi connectivity index (χ4n) is 2.63. The van der Waals surface area contributed by atoms with Crippen LogP contribution in [0.15, 0.2) is 24.3 Å². The van der Waals surface area contributed by atoms with E-state index in [4.69, 9.17) is 5.73 Å². The number of hydrogen-bond donors (Lipinski definition) is 1. The quantitative estimate of drug-likeness (QED) is 0.779. The highest BCUT2D eigenvalue weighted by Gasteiger charge is 2.28. The summed E-state index contributed by atoms with van der Waals surface area (Å²) < 4.78 is 0. The predicted molar refractivity (Wildman–Crippen MR) is 86.8 cm³/mol. The van der Waals surface area contributed by atoms with Crippen molar-refractivity contribution in [2.75, 3.05) is 13.1 Å². The van der Waals surface area contributed by atoms with Crippen molar-refractivity contribution < 1.29 is 0 Å². The second-order valence-electron chi connectivity index (χ2n) is 6.76. The Hall–Kier alpha value is -0.860. The Bertz CT molecular complexity index is 392. The van der Waals surface area contributed by atoms with Crippen LogP contribution in [0.2, 0.25) is 0 Å². The molecule has 0 aliphatic heterocycles. The molecule has 0 aromatic heterocycles. The molecular weight excluding hydrogens is 244 g/mol. The molecule has 2 N–H and O–H groups in total. The minimum absolute atomic E-state index is 0.177. The molecular formula is C18H30N2. The molecule has 2 rings (SSSR count). The van der Waals surface area contributed by atoms with Gasteiger partial charge in [0, 0.05) is 18.6 Å². The third-order valence-electron chi connectivity index (χ3n) is 4.29. The van der Waals surface area contributed by atoms with Gasteiger partial charge in [0.1, 0.15) is 0 Å². The van der Waals surface area contributed by atoms with E-state index in [1.165, 1.54) is 36.9 Å². The Morgan fingerprint density at radius 1 is 1.10 bits per heavy atom. The van der Waals surface area contributed by atoms with Gasteiger partial charge in [-0.3, -0.25) is 0 Å². The molecule has 112 valence electrons. The van der Waals surface area contributed by atoms with Gasteiger partial charge in [-0.25, -0.2) is 0 Å². The van der Waals surface area contributed by atoms with E-state index in [-0.39, 0.29) is 6.04 Å². The fourth-order valence-corrected chi connectivity index (χ4v) is 2.63. The maximum atomic E-state index is 6.34. The molecule has 0 bridgehead atoms. The van der Waals surface area contributed by atoms with Crippen LogP contribution >= 0.6 is 0 Å². The molecule has 0 heterocycles. The van der Waals surface area contributed by atoms with Gasteiger partial charge in [-0.05, 0) is 50.6 Å². The third kappa shape index (κ3) is 4.92. The first-order chi connectivity index (χ1) is 9.56. The van der Waals surface area contributed by atoms with Crippen LogP contribution in [0.5, 0.6) is 0 Å². The first kappa shape index (κ1) is 15.5. The van der Waals surface area contributed by atoms with E-state index in [0.29, 0.717) is 0 Å². The number of benzene rings is 1. The lowest BCUT2D eigenvalue weighted by molar-refractivity contribution is 0.239. The molecule has 1 aliphatic rings. The van der Waals surface area contributed by atoms with E-state index in [9.17, 15) is 0 Å². The molecule has 1 unspecified atom stereocenters. The second kappa shape index (κ2) is 7.24. The summed E-state index contributed by atoms with van der Waals surface area (Å²) in [7, 11) is 0. The van der Waals surface area contributed by atoms with Crippen LogP contribution in [0, 0.1) is 12.8 Å². The number of hydrogen-bond acceptors (Lipinski definition) is 2. The van der Waals surface area contributed by atoms with Crippen molar-refractivity contribution in [3.8, 4) is 0 Å². The summed E-state index contributed by atoms with van der Waals surface area (Å²) in [6, 6.07) is 9.69. The molecule has 1 aromatic rings. The minimum atomic E-state index is 0.177. The standard InChI is InChI=1S/C18H30N2/c1-14(2)10-12-20(17-8-9-17)13-11-18(19)16-6-4-15(3)5-7-16/h4-7,14,17-18H,8-13,19H2,1-3H3. The molecule has 2 nitrogen and oxygen atoms in total. The molecule has 1 saturated carbocycles. The van der Waals surface area contributed by atoms with Crippen LogP contribution in [-0.4, -0.2) is 24.0 Å². The van der Waals surface area contributed by atoms with Crippen LogP contribution < -0.4 is 5.73 Å². The zero-order chi connectivity index (χ0) is 14.5. The Kier molecular flexibility index (Phi) is 5.62. The highest BCUT2D eigenvalue weighted by Crippen LogP contribution is 2.28. The van der Waals surface area contributed by atoms with Gasteiger partial charge in [0.15, 0.2) is 0 Å². The van der Waals surface area contributed by atoms with Gasteiger partial charge in [0.05, 0.1) is 0 Å². The maximum absolute atomic E-state index is 6.34. The lowest BCUT2D eigenvalue weighted by Crippen LogP contribution is -2.31. The zero-order valence-corrected chi connectivity index (χ0v) is 13.3. The topological polar surface area (TPSA) is 29.3 Å². The van der Waals surface area contributed by atoms with Gasteiger partial charge < -0.3 is 10.6 Å². The zero-order valence-electron chi connectivity index (χ0n) is 13.3. The average Bonchev–Trinajstić information content (AvgIpc) is 3.23. The van der Waals surface area contributed by atoms with Gasteiger partial charge in [-0.15, -0.1) is 0 Å². The van der Waals surface area contributed by atoms with Crippen molar-refractivity contribution in [1.82, 2.24) is 4.90 Å². The molecule has 20 heavy (non-hydrogen) atoms. The molecule has 1 fully saturated rings. The van der Waals surface area contributed by atoms with Crippen LogP contribution in [0.25, 0.3) is 0 Å². The Morgan fingerprint density at radius 3 is 2.25 bits per heavy atom. The first-order valence-corrected chi connectivity index (χ1v) is 8.12. The van der Waals surface area contributed by atoms with Crippen molar-refractivity contribution in [3.05, 3.63) is 35.4 Å². The van der Waals surface area contributed by atoms with Crippen LogP contribution in [0.3, 0.4) is 0 Å². The van der Waals surface area contributed by atoms with Crippen molar-refractivity contribution in [1.29, 1.82) is 0 Å². The van der Waals surface area contributed by atoms with E-state index < -0.39 is 0 Å². The van der Waals surface area contributed by atoms with Crippen molar-refractivity contribution in [3.63, 3.8) is 0 Å². The highest BCUT2D eigenvalue weighted by atomic mass is 15.2. The Morgan fingerprint density at radius 2 is 1.70 bits per heavy atom. The van der Waals surface area contributed by atoms with Gasteiger partial charge >= 0.3 is 0 Å². The summed E-state index contributed by atoms with van der Waals surface area (Å²) in [5.41, 5.74) is 8.92. The molecule has 1 atom stereocenters. The molecule has 2 heteroatoms. The molecule has 0 radical (unpaired) electrons.